The van der Waals surface area contributed by atoms with Crippen molar-refractivity contribution in [1.82, 2.24) is 0 Å². The van der Waals surface area contributed by atoms with Crippen LogP contribution in [0.1, 0.15) is 16.7 Å². The molecular formula is C17H11F7. The van der Waals surface area contributed by atoms with Crippen LogP contribution in [0.15, 0.2) is 36.4 Å². The second-order valence-electron chi connectivity index (χ2n) is 5.74. The predicted octanol–water partition coefficient (Wildman–Crippen LogP) is 5.68. The van der Waals surface area contributed by atoms with E-state index in [4.69, 9.17) is 0 Å². The van der Waals surface area contributed by atoms with E-state index in [2.05, 4.69) is 0 Å². The van der Waals surface area contributed by atoms with Crippen LogP contribution in [0.25, 0.3) is 11.1 Å². The zero-order valence-corrected chi connectivity index (χ0v) is 12.1. The lowest BCUT2D eigenvalue weighted by molar-refractivity contribution is -0.283. The quantitative estimate of drug-likeness (QED) is 0.523. The number of hydrogen-bond acceptors (Lipinski definition) is 0. The molecule has 0 radical (unpaired) electrons. The highest BCUT2D eigenvalue weighted by Gasteiger charge is 2.56. The van der Waals surface area contributed by atoms with Crippen molar-refractivity contribution in [3.8, 4) is 11.1 Å². The number of rotatable bonds is 2. The Labute approximate surface area is 132 Å². The van der Waals surface area contributed by atoms with Crippen molar-refractivity contribution in [2.45, 2.75) is 25.2 Å². The molecule has 0 saturated carbocycles. The Balaban J connectivity index is 1.99. The zero-order chi connectivity index (χ0) is 17.7. The monoisotopic (exact) mass is 348 g/mol. The van der Waals surface area contributed by atoms with Gasteiger partial charge in [-0.1, -0.05) is 36.4 Å². The Hall–Kier alpha value is -2.05. The summed E-state index contributed by atoms with van der Waals surface area (Å²) in [6.07, 6.45) is -12.3. The van der Waals surface area contributed by atoms with Crippen LogP contribution in [0.2, 0.25) is 0 Å². The maximum Gasteiger partial charge on any atom is 0.400 e. The Morgan fingerprint density at radius 3 is 2.08 bits per heavy atom. The van der Waals surface area contributed by atoms with E-state index < -0.39 is 36.1 Å². The van der Waals surface area contributed by atoms with Crippen molar-refractivity contribution in [2.24, 2.45) is 5.92 Å². The summed E-state index contributed by atoms with van der Waals surface area (Å²) in [5, 5.41) is 0. The van der Waals surface area contributed by atoms with E-state index in [0.29, 0.717) is 5.56 Å². The standard InChI is InChI=1S/C17H11F7/c18-15-10(8-14(16(19,20)21)17(22,23)24)5-6-12-11-4-2-1-3-9(11)7-13(12)15/h1-6,14H,7-8H2. The van der Waals surface area contributed by atoms with Gasteiger partial charge in [-0.25, -0.2) is 4.39 Å². The summed E-state index contributed by atoms with van der Waals surface area (Å²) in [6, 6.07) is 9.39. The first-order valence-corrected chi connectivity index (χ1v) is 7.11. The van der Waals surface area contributed by atoms with Crippen molar-refractivity contribution in [1.29, 1.82) is 0 Å². The number of benzene rings is 2. The normalized spacial score (nSPS) is 14.0. The van der Waals surface area contributed by atoms with Crippen molar-refractivity contribution < 1.29 is 30.7 Å². The first-order valence-electron chi connectivity index (χ1n) is 7.11. The highest BCUT2D eigenvalue weighted by molar-refractivity contribution is 5.77. The molecule has 0 N–H and O–H groups in total. The molecule has 0 amide bonds. The molecule has 0 unspecified atom stereocenters. The molecule has 0 aromatic heterocycles. The third-order valence-electron chi connectivity index (χ3n) is 4.21. The van der Waals surface area contributed by atoms with Crippen LogP contribution in [0.5, 0.6) is 0 Å². The molecular weight excluding hydrogens is 337 g/mol. The number of hydrogen-bond donors (Lipinski definition) is 0. The molecule has 3 rings (SSSR count). The summed E-state index contributed by atoms with van der Waals surface area (Å²) in [6.45, 7) is 0. The molecule has 0 heterocycles. The maximum atomic E-state index is 14.5. The van der Waals surface area contributed by atoms with E-state index in [9.17, 15) is 30.7 Å². The van der Waals surface area contributed by atoms with Gasteiger partial charge in [0.2, 0.25) is 0 Å². The van der Waals surface area contributed by atoms with Crippen LogP contribution >= 0.6 is 0 Å². The van der Waals surface area contributed by atoms with Gasteiger partial charge in [0.15, 0.2) is 5.92 Å². The van der Waals surface area contributed by atoms with E-state index >= 15 is 0 Å². The van der Waals surface area contributed by atoms with Gasteiger partial charge in [0.1, 0.15) is 5.82 Å². The smallest absolute Gasteiger partial charge is 0.206 e. The predicted molar refractivity (Wildman–Crippen MR) is 73.9 cm³/mol. The summed E-state index contributed by atoms with van der Waals surface area (Å²) >= 11 is 0. The molecule has 128 valence electrons. The highest BCUT2D eigenvalue weighted by Crippen LogP contribution is 2.43. The van der Waals surface area contributed by atoms with Crippen molar-refractivity contribution >= 4 is 0 Å². The summed E-state index contributed by atoms with van der Waals surface area (Å²) < 4.78 is 90.6. The van der Waals surface area contributed by atoms with Crippen molar-refractivity contribution in [2.75, 3.05) is 0 Å². The number of fused-ring (bicyclic) bond motifs is 3. The average Bonchev–Trinajstić information content (AvgIpc) is 2.83. The molecule has 0 spiro atoms. The van der Waals surface area contributed by atoms with E-state index in [1.165, 1.54) is 6.07 Å². The van der Waals surface area contributed by atoms with Crippen molar-refractivity contribution in [3.63, 3.8) is 0 Å². The lowest BCUT2D eigenvalue weighted by atomic mass is 9.94. The van der Waals surface area contributed by atoms with E-state index in [0.717, 1.165) is 17.2 Å². The molecule has 24 heavy (non-hydrogen) atoms. The lowest BCUT2D eigenvalue weighted by Crippen LogP contribution is -2.38. The summed E-state index contributed by atoms with van der Waals surface area (Å²) in [5.41, 5.74) is 1.65. The van der Waals surface area contributed by atoms with Gasteiger partial charge in [0.25, 0.3) is 0 Å². The minimum atomic E-state index is -5.48. The first-order chi connectivity index (χ1) is 11.1. The number of halogens is 7. The lowest BCUT2D eigenvalue weighted by Gasteiger charge is -2.23. The summed E-state index contributed by atoms with van der Waals surface area (Å²) in [5.74, 6) is -4.57. The molecule has 0 nitrogen and oxygen atoms in total. The van der Waals surface area contributed by atoms with Gasteiger partial charge in [-0.3, -0.25) is 0 Å². The summed E-state index contributed by atoms with van der Waals surface area (Å²) in [7, 11) is 0. The molecule has 2 aromatic carbocycles. The molecule has 0 bridgehead atoms. The van der Waals surface area contributed by atoms with Gasteiger partial charge < -0.3 is 0 Å². The van der Waals surface area contributed by atoms with Crippen LogP contribution in [-0.4, -0.2) is 12.4 Å². The topological polar surface area (TPSA) is 0 Å². The first kappa shape index (κ1) is 16.8. The van der Waals surface area contributed by atoms with Gasteiger partial charge in [-0.05, 0) is 28.7 Å². The molecule has 7 heteroatoms. The highest BCUT2D eigenvalue weighted by atomic mass is 19.4. The van der Waals surface area contributed by atoms with Gasteiger partial charge in [-0.15, -0.1) is 0 Å². The zero-order valence-electron chi connectivity index (χ0n) is 12.1. The number of alkyl halides is 6. The minimum absolute atomic E-state index is 0.150. The van der Waals surface area contributed by atoms with Crippen LogP contribution in [0, 0.1) is 11.7 Å². The van der Waals surface area contributed by atoms with Gasteiger partial charge in [0, 0.05) is 12.0 Å². The van der Waals surface area contributed by atoms with E-state index in [-0.39, 0.29) is 12.0 Å². The SMILES string of the molecule is Fc1c(CC(C(F)(F)F)C(F)(F)F)ccc2c1Cc1ccccc1-2. The molecule has 2 aromatic rings. The Bertz CT molecular complexity index is 757. The summed E-state index contributed by atoms with van der Waals surface area (Å²) in [4.78, 5) is 0. The Kier molecular flexibility index (Phi) is 3.85. The van der Waals surface area contributed by atoms with Crippen molar-refractivity contribution in [3.05, 3.63) is 58.9 Å². The van der Waals surface area contributed by atoms with Crippen LogP contribution in [0.3, 0.4) is 0 Å². The third-order valence-corrected chi connectivity index (χ3v) is 4.21. The molecule has 0 aliphatic heterocycles. The van der Waals surface area contributed by atoms with Crippen LogP contribution in [-0.2, 0) is 12.8 Å². The second-order valence-corrected chi connectivity index (χ2v) is 5.74. The second kappa shape index (κ2) is 5.50. The Morgan fingerprint density at radius 2 is 1.46 bits per heavy atom. The fourth-order valence-electron chi connectivity index (χ4n) is 3.02. The largest absolute Gasteiger partial charge is 0.400 e. The van der Waals surface area contributed by atoms with Gasteiger partial charge in [0.05, 0.1) is 0 Å². The Morgan fingerprint density at radius 1 is 0.833 bits per heavy atom. The molecule has 0 fully saturated rings. The van der Waals surface area contributed by atoms with Crippen LogP contribution < -0.4 is 0 Å². The molecule has 0 saturated heterocycles. The maximum absolute atomic E-state index is 14.5. The third kappa shape index (κ3) is 2.87. The van der Waals surface area contributed by atoms with E-state index in [1.54, 1.807) is 24.3 Å². The minimum Gasteiger partial charge on any atom is -0.206 e. The average molecular weight is 348 g/mol. The molecule has 1 aliphatic carbocycles. The van der Waals surface area contributed by atoms with E-state index in [1.807, 2.05) is 0 Å². The fraction of sp³-hybridized carbons (Fsp3) is 0.294. The van der Waals surface area contributed by atoms with Gasteiger partial charge in [-0.2, -0.15) is 26.3 Å². The molecule has 0 atom stereocenters. The van der Waals surface area contributed by atoms with Crippen LogP contribution in [0.4, 0.5) is 30.7 Å². The fourth-order valence-corrected chi connectivity index (χ4v) is 3.02. The van der Waals surface area contributed by atoms with Gasteiger partial charge >= 0.3 is 12.4 Å². The molecule has 1 aliphatic rings.